The van der Waals surface area contributed by atoms with Gasteiger partial charge in [0, 0.05) is 24.0 Å². The molecule has 30 heavy (non-hydrogen) atoms. The van der Waals surface area contributed by atoms with E-state index in [0.717, 1.165) is 0 Å². The van der Waals surface area contributed by atoms with Gasteiger partial charge >= 0.3 is 12.6 Å². The normalized spacial score (nSPS) is 10.5. The van der Waals surface area contributed by atoms with Crippen LogP contribution < -0.4 is 25.4 Å². The standard InChI is InChI=1S/C21H21F2N3O4/c1-3-12-24-21(28)26-16-8-6-15(7-9-16)25-19(27)11-5-14-4-10-17(30-20(22)23)18(13-14)29-2/h3-11,13,20H,1,12H2,2H3,(H,25,27)(H2,24,26,28)/b11-5+. The van der Waals surface area contributed by atoms with Crippen molar-refractivity contribution in [2.45, 2.75) is 6.61 Å². The van der Waals surface area contributed by atoms with Crippen molar-refractivity contribution in [2.75, 3.05) is 24.3 Å². The van der Waals surface area contributed by atoms with Crippen LogP contribution in [0.1, 0.15) is 5.56 Å². The average molecular weight is 417 g/mol. The fourth-order valence-electron chi connectivity index (χ4n) is 2.31. The maximum Gasteiger partial charge on any atom is 0.387 e. The summed E-state index contributed by atoms with van der Waals surface area (Å²) in [7, 11) is 1.33. The Morgan fingerprint density at radius 2 is 1.73 bits per heavy atom. The third-order valence-electron chi connectivity index (χ3n) is 3.65. The number of carbonyl (C=O) groups is 2. The predicted octanol–water partition coefficient (Wildman–Crippen LogP) is 4.26. The number of amides is 3. The molecule has 9 heteroatoms. The maximum absolute atomic E-state index is 12.4. The number of benzene rings is 2. The third-order valence-corrected chi connectivity index (χ3v) is 3.65. The molecule has 0 heterocycles. The molecule has 0 bridgehead atoms. The van der Waals surface area contributed by atoms with Gasteiger partial charge in [0.25, 0.3) is 0 Å². The van der Waals surface area contributed by atoms with Gasteiger partial charge in [-0.25, -0.2) is 4.79 Å². The molecule has 2 aromatic carbocycles. The summed E-state index contributed by atoms with van der Waals surface area (Å²) in [4.78, 5) is 23.7. The molecule has 7 nitrogen and oxygen atoms in total. The van der Waals surface area contributed by atoms with E-state index < -0.39 is 12.5 Å². The van der Waals surface area contributed by atoms with Gasteiger partial charge in [-0.05, 0) is 48.0 Å². The van der Waals surface area contributed by atoms with Crippen molar-refractivity contribution in [3.63, 3.8) is 0 Å². The number of alkyl halides is 2. The lowest BCUT2D eigenvalue weighted by atomic mass is 10.2. The summed E-state index contributed by atoms with van der Waals surface area (Å²) in [5, 5.41) is 7.89. The fourth-order valence-corrected chi connectivity index (χ4v) is 2.31. The number of anilines is 2. The molecule has 0 aliphatic carbocycles. The van der Waals surface area contributed by atoms with E-state index in [1.54, 1.807) is 30.3 Å². The highest BCUT2D eigenvalue weighted by Gasteiger charge is 2.10. The summed E-state index contributed by atoms with van der Waals surface area (Å²) in [5.74, 6) is -0.370. The van der Waals surface area contributed by atoms with E-state index in [1.165, 1.54) is 37.5 Å². The van der Waals surface area contributed by atoms with Crippen molar-refractivity contribution in [1.29, 1.82) is 0 Å². The van der Waals surface area contributed by atoms with E-state index in [9.17, 15) is 18.4 Å². The number of nitrogens with one attached hydrogen (secondary N) is 3. The van der Waals surface area contributed by atoms with Gasteiger partial charge in [0.1, 0.15) is 0 Å². The molecule has 2 rings (SSSR count). The van der Waals surface area contributed by atoms with Crippen LogP contribution in [0.25, 0.3) is 6.08 Å². The molecule has 0 spiro atoms. The average Bonchev–Trinajstić information content (AvgIpc) is 2.72. The minimum Gasteiger partial charge on any atom is -0.493 e. The number of hydrogen-bond donors (Lipinski definition) is 3. The van der Waals surface area contributed by atoms with Crippen LogP contribution in [0.15, 0.2) is 61.2 Å². The quantitative estimate of drug-likeness (QED) is 0.420. The molecule has 0 radical (unpaired) electrons. The number of carbonyl (C=O) groups excluding carboxylic acids is 2. The van der Waals surface area contributed by atoms with E-state index in [0.29, 0.717) is 23.5 Å². The van der Waals surface area contributed by atoms with E-state index in [4.69, 9.17) is 4.74 Å². The first kappa shape index (κ1) is 22.4. The molecule has 158 valence electrons. The van der Waals surface area contributed by atoms with Gasteiger partial charge in [-0.2, -0.15) is 8.78 Å². The second-order valence-corrected chi connectivity index (χ2v) is 5.81. The van der Waals surface area contributed by atoms with Crippen molar-refractivity contribution >= 4 is 29.4 Å². The second-order valence-electron chi connectivity index (χ2n) is 5.81. The Morgan fingerprint density at radius 1 is 1.07 bits per heavy atom. The highest BCUT2D eigenvalue weighted by atomic mass is 19.3. The van der Waals surface area contributed by atoms with E-state index in [2.05, 4.69) is 27.3 Å². The van der Waals surface area contributed by atoms with Gasteiger partial charge in [0.15, 0.2) is 11.5 Å². The first-order valence-corrected chi connectivity index (χ1v) is 8.79. The van der Waals surface area contributed by atoms with Crippen LogP contribution in [-0.2, 0) is 4.79 Å². The molecular weight excluding hydrogens is 396 g/mol. The molecule has 0 fully saturated rings. The molecule has 0 unspecified atom stereocenters. The molecular formula is C21H21F2N3O4. The lowest BCUT2D eigenvalue weighted by Crippen LogP contribution is -2.28. The smallest absolute Gasteiger partial charge is 0.387 e. The number of rotatable bonds is 9. The minimum absolute atomic E-state index is 0.0963. The first-order valence-electron chi connectivity index (χ1n) is 8.79. The molecule has 0 saturated carbocycles. The number of ether oxygens (including phenoxy) is 2. The van der Waals surface area contributed by atoms with Gasteiger partial charge in [0.2, 0.25) is 5.91 Å². The molecule has 3 amide bonds. The molecule has 0 aromatic heterocycles. The van der Waals surface area contributed by atoms with Crippen LogP contribution in [0.5, 0.6) is 11.5 Å². The maximum atomic E-state index is 12.4. The Kier molecular flexibility index (Phi) is 8.37. The zero-order chi connectivity index (χ0) is 21.9. The van der Waals surface area contributed by atoms with Crippen LogP contribution in [-0.4, -0.2) is 32.2 Å². The molecule has 0 saturated heterocycles. The van der Waals surface area contributed by atoms with Crippen molar-refractivity contribution < 1.29 is 27.8 Å². The summed E-state index contributed by atoms with van der Waals surface area (Å²) < 4.78 is 34.1. The summed E-state index contributed by atoms with van der Waals surface area (Å²) in [6.45, 7) is 0.892. The Labute approximate surface area is 172 Å². The van der Waals surface area contributed by atoms with Gasteiger partial charge < -0.3 is 25.4 Å². The highest BCUT2D eigenvalue weighted by Crippen LogP contribution is 2.29. The van der Waals surface area contributed by atoms with Crippen LogP contribution >= 0.6 is 0 Å². The Bertz CT molecular complexity index is 915. The van der Waals surface area contributed by atoms with Crippen LogP contribution in [0.4, 0.5) is 25.0 Å². The summed E-state index contributed by atoms with van der Waals surface area (Å²) in [6.07, 6.45) is 4.36. The van der Waals surface area contributed by atoms with E-state index in [1.807, 2.05) is 0 Å². The number of urea groups is 1. The predicted molar refractivity (Wildman–Crippen MR) is 111 cm³/mol. The monoisotopic (exact) mass is 417 g/mol. The SMILES string of the molecule is C=CCNC(=O)Nc1ccc(NC(=O)/C=C/c2ccc(OC(F)F)c(OC)c2)cc1. The van der Waals surface area contributed by atoms with Crippen molar-refractivity contribution in [2.24, 2.45) is 0 Å². The Balaban J connectivity index is 1.94. The zero-order valence-electron chi connectivity index (χ0n) is 16.2. The largest absolute Gasteiger partial charge is 0.493 e. The van der Waals surface area contributed by atoms with Gasteiger partial charge in [0.05, 0.1) is 7.11 Å². The Hall–Kier alpha value is -3.88. The first-order chi connectivity index (χ1) is 14.4. The van der Waals surface area contributed by atoms with Gasteiger partial charge in [-0.3, -0.25) is 4.79 Å². The Morgan fingerprint density at radius 3 is 2.33 bits per heavy atom. The number of methoxy groups -OCH3 is 1. The topological polar surface area (TPSA) is 88.7 Å². The summed E-state index contributed by atoms with van der Waals surface area (Å²) in [5.41, 5.74) is 1.65. The van der Waals surface area contributed by atoms with Crippen molar-refractivity contribution in [3.05, 3.63) is 66.8 Å². The van der Waals surface area contributed by atoms with Crippen molar-refractivity contribution in [3.8, 4) is 11.5 Å². The molecule has 3 N–H and O–H groups in total. The lowest BCUT2D eigenvalue weighted by Gasteiger charge is -2.10. The van der Waals surface area contributed by atoms with E-state index in [-0.39, 0.29) is 17.5 Å². The molecule has 0 atom stereocenters. The molecule has 0 aliphatic heterocycles. The highest BCUT2D eigenvalue weighted by molar-refractivity contribution is 6.02. The van der Waals surface area contributed by atoms with Crippen molar-refractivity contribution in [1.82, 2.24) is 5.32 Å². The van der Waals surface area contributed by atoms with Crippen LogP contribution in [0.2, 0.25) is 0 Å². The lowest BCUT2D eigenvalue weighted by molar-refractivity contribution is -0.111. The molecule has 2 aromatic rings. The van der Waals surface area contributed by atoms with Crippen LogP contribution in [0.3, 0.4) is 0 Å². The van der Waals surface area contributed by atoms with Crippen LogP contribution in [0, 0.1) is 0 Å². The number of halogens is 2. The van der Waals surface area contributed by atoms with Gasteiger partial charge in [-0.15, -0.1) is 6.58 Å². The zero-order valence-corrected chi connectivity index (χ0v) is 16.2. The number of hydrogen-bond acceptors (Lipinski definition) is 4. The van der Waals surface area contributed by atoms with E-state index >= 15 is 0 Å². The minimum atomic E-state index is -2.96. The van der Waals surface area contributed by atoms with Gasteiger partial charge in [-0.1, -0.05) is 12.1 Å². The fraction of sp³-hybridized carbons (Fsp3) is 0.143. The second kappa shape index (κ2) is 11.2. The third kappa shape index (κ3) is 7.27. The summed E-state index contributed by atoms with van der Waals surface area (Å²) >= 11 is 0. The summed E-state index contributed by atoms with van der Waals surface area (Å²) in [6, 6.07) is 10.5. The molecule has 0 aliphatic rings.